The summed E-state index contributed by atoms with van der Waals surface area (Å²) < 4.78 is 18.1. The summed E-state index contributed by atoms with van der Waals surface area (Å²) in [6, 6.07) is 14.6. The summed E-state index contributed by atoms with van der Waals surface area (Å²) in [5.41, 5.74) is 3.94. The van der Waals surface area contributed by atoms with Crippen LogP contribution in [0.4, 0.5) is 4.39 Å². The van der Waals surface area contributed by atoms with Gasteiger partial charge in [0.2, 0.25) is 5.78 Å². The second-order valence-corrected chi connectivity index (χ2v) is 6.34. The number of nitrogens with zero attached hydrogens (tertiary/aromatic N) is 3. The van der Waals surface area contributed by atoms with E-state index < -0.39 is 0 Å². The lowest BCUT2D eigenvalue weighted by molar-refractivity contribution is 0.628. The standard InChI is InChI=1S/C18H13BrFN3/c1-22-17(12-5-7-15(20)8-6-12)11-23-10-16(21-18(22)23)13-3-2-4-14(19)9-13/h2-11H,1H3. The van der Waals surface area contributed by atoms with Crippen LogP contribution in [-0.4, -0.2) is 14.0 Å². The molecule has 114 valence electrons. The molecule has 3 nitrogen and oxygen atoms in total. The lowest BCUT2D eigenvalue weighted by atomic mass is 10.1. The van der Waals surface area contributed by atoms with Crippen LogP contribution in [0.2, 0.25) is 0 Å². The first-order valence-corrected chi connectivity index (χ1v) is 7.97. The van der Waals surface area contributed by atoms with Crippen LogP contribution in [0.15, 0.2) is 65.4 Å². The van der Waals surface area contributed by atoms with Crippen molar-refractivity contribution >= 4 is 21.7 Å². The zero-order chi connectivity index (χ0) is 16.0. The number of aryl methyl sites for hydroxylation is 1. The van der Waals surface area contributed by atoms with Crippen LogP contribution in [0.25, 0.3) is 28.3 Å². The largest absolute Gasteiger partial charge is 0.313 e. The molecule has 0 aliphatic rings. The van der Waals surface area contributed by atoms with E-state index in [-0.39, 0.29) is 5.82 Å². The number of aromatic nitrogens is 3. The Morgan fingerprint density at radius 2 is 1.78 bits per heavy atom. The molecule has 2 aromatic carbocycles. The minimum absolute atomic E-state index is 0.232. The molecule has 0 radical (unpaired) electrons. The van der Waals surface area contributed by atoms with Gasteiger partial charge in [0.05, 0.1) is 11.4 Å². The molecule has 0 N–H and O–H groups in total. The molecule has 23 heavy (non-hydrogen) atoms. The van der Waals surface area contributed by atoms with Crippen LogP contribution in [0, 0.1) is 5.82 Å². The first kappa shape index (κ1) is 14.2. The summed E-state index contributed by atoms with van der Waals surface area (Å²) in [5, 5.41) is 0. The van der Waals surface area contributed by atoms with Crippen molar-refractivity contribution in [2.45, 2.75) is 0 Å². The van der Waals surface area contributed by atoms with E-state index in [1.807, 2.05) is 52.7 Å². The molecule has 0 atom stereocenters. The average molecular weight is 370 g/mol. The molecule has 0 bridgehead atoms. The Labute approximate surface area is 141 Å². The van der Waals surface area contributed by atoms with Gasteiger partial charge in [0.25, 0.3) is 0 Å². The minimum atomic E-state index is -0.232. The second kappa shape index (κ2) is 5.35. The summed E-state index contributed by atoms with van der Waals surface area (Å²) in [7, 11) is 1.96. The molecule has 0 unspecified atom stereocenters. The van der Waals surface area contributed by atoms with E-state index in [4.69, 9.17) is 4.98 Å². The molecule has 0 aliphatic heterocycles. The third kappa shape index (κ3) is 2.47. The number of halogens is 2. The normalized spacial score (nSPS) is 11.3. The van der Waals surface area contributed by atoms with E-state index in [1.165, 1.54) is 12.1 Å². The summed E-state index contributed by atoms with van der Waals surface area (Å²) in [4.78, 5) is 4.72. The van der Waals surface area contributed by atoms with Gasteiger partial charge in [0, 0.05) is 29.5 Å². The third-order valence-electron chi connectivity index (χ3n) is 3.90. The van der Waals surface area contributed by atoms with Crippen molar-refractivity contribution in [3.63, 3.8) is 0 Å². The second-order valence-electron chi connectivity index (χ2n) is 5.42. The summed E-state index contributed by atoms with van der Waals surface area (Å²) >= 11 is 3.49. The van der Waals surface area contributed by atoms with E-state index in [0.29, 0.717) is 0 Å². The Bertz CT molecular complexity index is 999. The van der Waals surface area contributed by atoms with Crippen molar-refractivity contribution in [3.8, 4) is 22.5 Å². The van der Waals surface area contributed by atoms with Gasteiger partial charge in [-0.15, -0.1) is 0 Å². The highest BCUT2D eigenvalue weighted by atomic mass is 79.9. The van der Waals surface area contributed by atoms with Crippen molar-refractivity contribution in [1.82, 2.24) is 14.0 Å². The number of benzene rings is 2. The van der Waals surface area contributed by atoms with Crippen molar-refractivity contribution < 1.29 is 4.39 Å². The third-order valence-corrected chi connectivity index (χ3v) is 4.39. The zero-order valence-electron chi connectivity index (χ0n) is 12.4. The van der Waals surface area contributed by atoms with E-state index in [0.717, 1.165) is 32.8 Å². The molecule has 5 heteroatoms. The topological polar surface area (TPSA) is 22.2 Å². The molecule has 2 heterocycles. The molecule has 4 rings (SSSR count). The Balaban J connectivity index is 1.81. The Morgan fingerprint density at radius 3 is 2.48 bits per heavy atom. The molecule has 2 aromatic heterocycles. The number of rotatable bonds is 2. The summed E-state index contributed by atoms with van der Waals surface area (Å²) in [5.74, 6) is 0.615. The highest BCUT2D eigenvalue weighted by Crippen LogP contribution is 2.26. The van der Waals surface area contributed by atoms with Gasteiger partial charge >= 0.3 is 0 Å². The monoisotopic (exact) mass is 369 g/mol. The quantitative estimate of drug-likeness (QED) is 0.492. The molecule has 0 aliphatic carbocycles. The number of hydrogen-bond donors (Lipinski definition) is 0. The van der Waals surface area contributed by atoms with Gasteiger partial charge in [0.1, 0.15) is 5.82 Å². The predicted octanol–water partition coefficient (Wildman–Crippen LogP) is 4.91. The van der Waals surface area contributed by atoms with Crippen molar-refractivity contribution in [2.24, 2.45) is 7.05 Å². The van der Waals surface area contributed by atoms with Crippen LogP contribution < -0.4 is 0 Å². The fourth-order valence-electron chi connectivity index (χ4n) is 2.73. The van der Waals surface area contributed by atoms with Crippen molar-refractivity contribution in [3.05, 3.63) is 71.2 Å². The van der Waals surface area contributed by atoms with Gasteiger partial charge in [-0.05, 0) is 42.0 Å². The summed E-state index contributed by atoms with van der Waals surface area (Å²) in [6.07, 6.45) is 4.02. The first-order valence-electron chi connectivity index (χ1n) is 7.18. The van der Waals surface area contributed by atoms with E-state index in [1.54, 1.807) is 12.1 Å². The Kier molecular flexibility index (Phi) is 3.31. The van der Waals surface area contributed by atoms with Crippen LogP contribution >= 0.6 is 15.9 Å². The average Bonchev–Trinajstić information content (AvgIpc) is 3.08. The van der Waals surface area contributed by atoms with Crippen molar-refractivity contribution in [1.29, 1.82) is 0 Å². The predicted molar refractivity (Wildman–Crippen MR) is 92.7 cm³/mol. The van der Waals surface area contributed by atoms with E-state index >= 15 is 0 Å². The maximum absolute atomic E-state index is 13.1. The molecule has 0 saturated carbocycles. The van der Waals surface area contributed by atoms with Gasteiger partial charge < -0.3 is 4.57 Å². The van der Waals surface area contributed by atoms with Gasteiger partial charge in [-0.2, -0.15) is 0 Å². The van der Waals surface area contributed by atoms with Crippen LogP contribution in [-0.2, 0) is 7.05 Å². The summed E-state index contributed by atoms with van der Waals surface area (Å²) in [6.45, 7) is 0. The van der Waals surface area contributed by atoms with Gasteiger partial charge in [-0.1, -0.05) is 28.1 Å². The minimum Gasteiger partial charge on any atom is -0.313 e. The number of imidazole rings is 2. The van der Waals surface area contributed by atoms with Crippen LogP contribution in [0.5, 0.6) is 0 Å². The van der Waals surface area contributed by atoms with Gasteiger partial charge in [-0.3, -0.25) is 4.40 Å². The maximum Gasteiger partial charge on any atom is 0.214 e. The van der Waals surface area contributed by atoms with Gasteiger partial charge in [-0.25, -0.2) is 9.37 Å². The number of fused-ring (bicyclic) bond motifs is 1. The SMILES string of the molecule is Cn1c(-c2ccc(F)cc2)cn2cc(-c3cccc(Br)c3)nc12. The lowest BCUT2D eigenvalue weighted by Crippen LogP contribution is -1.92. The Morgan fingerprint density at radius 1 is 1.00 bits per heavy atom. The smallest absolute Gasteiger partial charge is 0.214 e. The van der Waals surface area contributed by atoms with E-state index in [9.17, 15) is 4.39 Å². The van der Waals surface area contributed by atoms with Crippen LogP contribution in [0.1, 0.15) is 0 Å². The number of hydrogen-bond acceptors (Lipinski definition) is 1. The molecule has 0 amide bonds. The fourth-order valence-corrected chi connectivity index (χ4v) is 3.13. The first-order chi connectivity index (χ1) is 11.1. The van der Waals surface area contributed by atoms with E-state index in [2.05, 4.69) is 15.9 Å². The van der Waals surface area contributed by atoms with Crippen LogP contribution in [0.3, 0.4) is 0 Å². The lowest BCUT2D eigenvalue weighted by Gasteiger charge is -2.02. The van der Waals surface area contributed by atoms with Crippen molar-refractivity contribution in [2.75, 3.05) is 0 Å². The highest BCUT2D eigenvalue weighted by Gasteiger charge is 2.12. The van der Waals surface area contributed by atoms with Gasteiger partial charge in [0.15, 0.2) is 0 Å². The maximum atomic E-state index is 13.1. The fraction of sp³-hybridized carbons (Fsp3) is 0.0556. The molecule has 4 aromatic rings. The highest BCUT2D eigenvalue weighted by molar-refractivity contribution is 9.10. The molecular formula is C18H13BrFN3. The molecular weight excluding hydrogens is 357 g/mol. The molecule has 0 fully saturated rings. The Hall–Kier alpha value is -2.40. The molecule has 0 spiro atoms. The zero-order valence-corrected chi connectivity index (χ0v) is 14.0. The molecule has 0 saturated heterocycles.